The molecule has 2 saturated heterocycles. The fraction of sp³-hybridized carbons (Fsp3) is 0.929. The van der Waals surface area contributed by atoms with E-state index in [2.05, 4.69) is 24.3 Å². The Hall–Kier alpha value is -0.650. The molecule has 19 heavy (non-hydrogen) atoms. The fourth-order valence-corrected chi connectivity index (χ4v) is 2.96. The second kappa shape index (κ2) is 7.22. The van der Waals surface area contributed by atoms with Crippen molar-refractivity contribution in [2.75, 3.05) is 53.4 Å². The zero-order valence-electron chi connectivity index (χ0n) is 12.2. The van der Waals surface area contributed by atoms with E-state index in [4.69, 9.17) is 4.74 Å². The number of likely N-dealkylation sites (tertiary alicyclic amines) is 1. The molecule has 0 spiro atoms. The van der Waals surface area contributed by atoms with E-state index in [1.54, 1.807) is 0 Å². The molecule has 2 rings (SSSR count). The van der Waals surface area contributed by atoms with Gasteiger partial charge in [-0.3, -0.25) is 4.79 Å². The molecule has 0 bridgehead atoms. The molecular weight excluding hydrogens is 242 g/mol. The van der Waals surface area contributed by atoms with Gasteiger partial charge in [-0.1, -0.05) is 0 Å². The maximum absolute atomic E-state index is 12.2. The maximum atomic E-state index is 12.2. The molecular formula is C14H27N3O2. The van der Waals surface area contributed by atoms with E-state index in [0.717, 1.165) is 58.1 Å². The minimum atomic E-state index is 0.0701. The Balaban J connectivity index is 1.69. The molecule has 0 aliphatic carbocycles. The van der Waals surface area contributed by atoms with Crippen LogP contribution in [0.25, 0.3) is 0 Å². The molecule has 110 valence electrons. The summed E-state index contributed by atoms with van der Waals surface area (Å²) in [6.07, 6.45) is 2.87. The van der Waals surface area contributed by atoms with Gasteiger partial charge in [-0.25, -0.2) is 0 Å². The summed E-state index contributed by atoms with van der Waals surface area (Å²) in [6, 6.07) is 0. The van der Waals surface area contributed by atoms with Gasteiger partial charge in [0.1, 0.15) is 0 Å². The molecule has 0 radical (unpaired) electrons. The van der Waals surface area contributed by atoms with E-state index < -0.39 is 0 Å². The topological polar surface area (TPSA) is 44.8 Å². The Morgan fingerprint density at radius 3 is 2.68 bits per heavy atom. The van der Waals surface area contributed by atoms with Crippen molar-refractivity contribution in [1.29, 1.82) is 0 Å². The van der Waals surface area contributed by atoms with Gasteiger partial charge in [0, 0.05) is 32.7 Å². The highest BCUT2D eigenvalue weighted by Crippen LogP contribution is 2.19. The number of piperidine rings is 1. The Morgan fingerprint density at radius 1 is 1.37 bits per heavy atom. The van der Waals surface area contributed by atoms with Crippen LogP contribution in [-0.2, 0) is 9.53 Å². The molecule has 5 nitrogen and oxygen atoms in total. The summed E-state index contributed by atoms with van der Waals surface area (Å²) in [5.74, 6) is 1.00. The van der Waals surface area contributed by atoms with E-state index >= 15 is 0 Å². The third-order valence-corrected chi connectivity index (χ3v) is 4.00. The van der Waals surface area contributed by atoms with Crippen LogP contribution in [0.5, 0.6) is 0 Å². The predicted octanol–water partition coefficient (Wildman–Crippen LogP) is 0.165. The first-order valence-corrected chi connectivity index (χ1v) is 7.40. The van der Waals surface area contributed by atoms with Crippen LogP contribution in [-0.4, -0.2) is 75.2 Å². The largest absolute Gasteiger partial charge is 0.375 e. The summed E-state index contributed by atoms with van der Waals surface area (Å²) < 4.78 is 5.60. The normalized spacial score (nSPS) is 25.8. The Kier molecular flexibility index (Phi) is 5.60. The smallest absolute Gasteiger partial charge is 0.225 e. The average molecular weight is 269 g/mol. The molecule has 1 N–H and O–H groups in total. The van der Waals surface area contributed by atoms with Gasteiger partial charge in [0.15, 0.2) is 0 Å². The van der Waals surface area contributed by atoms with E-state index in [1.165, 1.54) is 0 Å². The average Bonchev–Trinajstić information content (AvgIpc) is 2.40. The molecule has 0 saturated carbocycles. The van der Waals surface area contributed by atoms with Crippen LogP contribution in [0.2, 0.25) is 0 Å². The highest BCUT2D eigenvalue weighted by atomic mass is 16.5. The van der Waals surface area contributed by atoms with Crippen LogP contribution in [0.1, 0.15) is 19.3 Å². The standard InChI is InChI=1S/C14H27N3O2/c1-16(2)11-12-3-6-17(7-4-12)14(18)9-13-10-15-5-8-19-13/h12-13,15H,3-11H2,1-2H3. The first-order valence-electron chi connectivity index (χ1n) is 7.40. The molecule has 5 heteroatoms. The lowest BCUT2D eigenvalue weighted by molar-refractivity contribution is -0.136. The monoisotopic (exact) mass is 269 g/mol. The van der Waals surface area contributed by atoms with E-state index in [0.29, 0.717) is 6.42 Å². The summed E-state index contributed by atoms with van der Waals surface area (Å²) >= 11 is 0. The molecule has 1 unspecified atom stereocenters. The number of nitrogens with one attached hydrogen (secondary N) is 1. The molecule has 2 fully saturated rings. The summed E-state index contributed by atoms with van der Waals surface area (Å²) in [5.41, 5.74) is 0. The zero-order valence-corrected chi connectivity index (χ0v) is 12.2. The lowest BCUT2D eigenvalue weighted by Crippen LogP contribution is -2.45. The number of carbonyl (C=O) groups excluding carboxylic acids is 1. The predicted molar refractivity (Wildman–Crippen MR) is 75.1 cm³/mol. The minimum absolute atomic E-state index is 0.0701. The first kappa shape index (κ1) is 14.8. The Bertz CT molecular complexity index is 282. The zero-order chi connectivity index (χ0) is 13.7. The van der Waals surface area contributed by atoms with Gasteiger partial charge in [-0.05, 0) is 32.9 Å². The maximum Gasteiger partial charge on any atom is 0.225 e. The van der Waals surface area contributed by atoms with Crippen LogP contribution < -0.4 is 5.32 Å². The van der Waals surface area contributed by atoms with Crippen LogP contribution in [0.4, 0.5) is 0 Å². The molecule has 2 aliphatic rings. The summed E-state index contributed by atoms with van der Waals surface area (Å²) in [6.45, 7) is 5.40. The molecule has 1 atom stereocenters. The summed E-state index contributed by atoms with van der Waals surface area (Å²) in [7, 11) is 4.23. The number of carbonyl (C=O) groups is 1. The van der Waals surface area contributed by atoms with Crippen molar-refractivity contribution >= 4 is 5.91 Å². The number of hydrogen-bond donors (Lipinski definition) is 1. The number of morpholine rings is 1. The second-order valence-electron chi connectivity index (χ2n) is 5.99. The Labute approximate surface area is 116 Å². The van der Waals surface area contributed by atoms with Crippen molar-refractivity contribution in [3.05, 3.63) is 0 Å². The van der Waals surface area contributed by atoms with Gasteiger partial charge >= 0.3 is 0 Å². The van der Waals surface area contributed by atoms with Gasteiger partial charge in [-0.2, -0.15) is 0 Å². The third kappa shape index (κ3) is 4.75. The van der Waals surface area contributed by atoms with Crippen molar-refractivity contribution in [3.63, 3.8) is 0 Å². The van der Waals surface area contributed by atoms with Crippen LogP contribution >= 0.6 is 0 Å². The molecule has 2 heterocycles. The van der Waals surface area contributed by atoms with Gasteiger partial charge in [0.2, 0.25) is 5.91 Å². The minimum Gasteiger partial charge on any atom is -0.375 e. The summed E-state index contributed by atoms with van der Waals surface area (Å²) in [5, 5.41) is 3.27. The van der Waals surface area contributed by atoms with Gasteiger partial charge in [-0.15, -0.1) is 0 Å². The van der Waals surface area contributed by atoms with E-state index in [-0.39, 0.29) is 12.0 Å². The SMILES string of the molecule is CN(C)CC1CCN(C(=O)CC2CNCCO2)CC1. The number of rotatable bonds is 4. The van der Waals surface area contributed by atoms with Gasteiger partial charge in [0.05, 0.1) is 19.1 Å². The van der Waals surface area contributed by atoms with Crippen molar-refractivity contribution in [2.24, 2.45) is 5.92 Å². The first-order chi connectivity index (χ1) is 9.15. The van der Waals surface area contributed by atoms with Crippen molar-refractivity contribution in [3.8, 4) is 0 Å². The van der Waals surface area contributed by atoms with Crippen LogP contribution in [0.15, 0.2) is 0 Å². The van der Waals surface area contributed by atoms with E-state index in [1.807, 2.05) is 4.90 Å². The molecule has 0 aromatic heterocycles. The van der Waals surface area contributed by atoms with Crippen LogP contribution in [0, 0.1) is 5.92 Å². The fourth-order valence-electron chi connectivity index (χ4n) is 2.96. The highest BCUT2D eigenvalue weighted by molar-refractivity contribution is 5.76. The second-order valence-corrected chi connectivity index (χ2v) is 5.99. The number of ether oxygens (including phenoxy) is 1. The van der Waals surface area contributed by atoms with E-state index in [9.17, 15) is 4.79 Å². The third-order valence-electron chi connectivity index (χ3n) is 4.00. The highest BCUT2D eigenvalue weighted by Gasteiger charge is 2.25. The quantitative estimate of drug-likeness (QED) is 0.790. The summed E-state index contributed by atoms with van der Waals surface area (Å²) in [4.78, 5) is 16.5. The molecule has 0 aromatic carbocycles. The van der Waals surface area contributed by atoms with Gasteiger partial charge < -0.3 is 19.9 Å². The number of nitrogens with zero attached hydrogens (tertiary/aromatic N) is 2. The van der Waals surface area contributed by atoms with Crippen molar-refractivity contribution in [2.45, 2.75) is 25.4 Å². The molecule has 0 aromatic rings. The number of hydrogen-bond acceptors (Lipinski definition) is 4. The molecule has 2 aliphatic heterocycles. The van der Waals surface area contributed by atoms with Crippen molar-refractivity contribution in [1.82, 2.24) is 15.1 Å². The van der Waals surface area contributed by atoms with Gasteiger partial charge in [0.25, 0.3) is 0 Å². The Morgan fingerprint density at radius 2 is 2.11 bits per heavy atom. The molecule has 1 amide bonds. The van der Waals surface area contributed by atoms with Crippen LogP contribution in [0.3, 0.4) is 0 Å². The lowest BCUT2D eigenvalue weighted by Gasteiger charge is -2.34. The van der Waals surface area contributed by atoms with Crippen molar-refractivity contribution < 1.29 is 9.53 Å². The lowest BCUT2D eigenvalue weighted by atomic mass is 9.96. The number of amides is 1.